The van der Waals surface area contributed by atoms with Crippen molar-refractivity contribution in [2.24, 2.45) is 0 Å². The predicted octanol–water partition coefficient (Wildman–Crippen LogP) is 3.87. The van der Waals surface area contributed by atoms with Crippen molar-refractivity contribution in [3.05, 3.63) is 65.5 Å². The van der Waals surface area contributed by atoms with E-state index in [0.29, 0.717) is 5.75 Å². The summed E-state index contributed by atoms with van der Waals surface area (Å²) in [6.07, 6.45) is 7.26. The Morgan fingerprint density at radius 2 is 2.21 bits per heavy atom. The summed E-state index contributed by atoms with van der Waals surface area (Å²) in [6.45, 7) is 4.85. The molecular formula is C20H21N3O. The fraction of sp³-hybridized carbons (Fsp3) is 0.250. The zero-order chi connectivity index (χ0) is 16.5. The Bertz CT molecular complexity index is 910. The Morgan fingerprint density at radius 3 is 3.00 bits per heavy atom. The number of hydrogen-bond donors (Lipinski definition) is 2. The summed E-state index contributed by atoms with van der Waals surface area (Å²) in [7, 11) is 0. The van der Waals surface area contributed by atoms with E-state index in [1.807, 2.05) is 25.3 Å². The highest BCUT2D eigenvalue weighted by atomic mass is 16.3. The molecule has 0 saturated heterocycles. The summed E-state index contributed by atoms with van der Waals surface area (Å²) in [5.41, 5.74) is 5.81. The van der Waals surface area contributed by atoms with Gasteiger partial charge in [0.25, 0.3) is 0 Å². The summed E-state index contributed by atoms with van der Waals surface area (Å²) < 4.78 is 0. The molecular weight excluding hydrogens is 298 g/mol. The number of pyridine rings is 1. The normalized spacial score (nSPS) is 15.6. The lowest BCUT2D eigenvalue weighted by Gasteiger charge is -2.26. The monoisotopic (exact) mass is 319 g/mol. The van der Waals surface area contributed by atoms with Crippen molar-refractivity contribution in [1.82, 2.24) is 14.9 Å². The third kappa shape index (κ3) is 2.81. The van der Waals surface area contributed by atoms with Crippen LogP contribution in [-0.2, 0) is 6.54 Å². The third-order valence-electron chi connectivity index (χ3n) is 4.76. The second-order valence-corrected chi connectivity index (χ2v) is 6.44. The summed E-state index contributed by atoms with van der Waals surface area (Å²) in [5.74, 6) is 0.368. The van der Waals surface area contributed by atoms with Gasteiger partial charge in [0.05, 0.1) is 0 Å². The highest BCUT2D eigenvalue weighted by molar-refractivity contribution is 5.90. The molecule has 0 bridgehead atoms. The zero-order valence-corrected chi connectivity index (χ0v) is 13.8. The number of fused-ring (bicyclic) bond motifs is 1. The molecule has 0 saturated carbocycles. The van der Waals surface area contributed by atoms with Gasteiger partial charge >= 0.3 is 0 Å². The largest absolute Gasteiger partial charge is 0.508 e. The zero-order valence-electron chi connectivity index (χ0n) is 13.8. The van der Waals surface area contributed by atoms with Crippen LogP contribution in [0.25, 0.3) is 16.6 Å². The molecule has 4 nitrogen and oxygen atoms in total. The van der Waals surface area contributed by atoms with Crippen molar-refractivity contribution in [2.75, 3.05) is 13.1 Å². The van der Waals surface area contributed by atoms with Crippen LogP contribution >= 0.6 is 0 Å². The van der Waals surface area contributed by atoms with Gasteiger partial charge in [0.1, 0.15) is 11.4 Å². The molecule has 0 radical (unpaired) electrons. The summed E-state index contributed by atoms with van der Waals surface area (Å²) in [5, 5.41) is 10.8. The lowest BCUT2D eigenvalue weighted by molar-refractivity contribution is 0.294. The number of H-pyrrole nitrogens is 1. The smallest absolute Gasteiger partial charge is 0.137 e. The molecule has 2 aromatic heterocycles. The third-order valence-corrected chi connectivity index (χ3v) is 4.76. The molecule has 0 unspecified atom stereocenters. The summed E-state index contributed by atoms with van der Waals surface area (Å²) >= 11 is 0. The molecule has 3 aromatic rings. The Hall–Kier alpha value is -2.59. The van der Waals surface area contributed by atoms with E-state index >= 15 is 0 Å². The lowest BCUT2D eigenvalue weighted by Crippen LogP contribution is -2.28. The Kier molecular flexibility index (Phi) is 3.82. The van der Waals surface area contributed by atoms with Gasteiger partial charge in [-0.15, -0.1) is 0 Å². The Morgan fingerprint density at radius 1 is 1.29 bits per heavy atom. The second-order valence-electron chi connectivity index (χ2n) is 6.44. The first-order chi connectivity index (χ1) is 11.7. The van der Waals surface area contributed by atoms with Gasteiger partial charge in [-0.05, 0) is 48.2 Å². The van der Waals surface area contributed by atoms with Gasteiger partial charge in [0.15, 0.2) is 0 Å². The topological polar surface area (TPSA) is 52.2 Å². The van der Waals surface area contributed by atoms with E-state index in [1.54, 1.807) is 6.07 Å². The van der Waals surface area contributed by atoms with Crippen molar-refractivity contribution in [3.63, 3.8) is 0 Å². The molecule has 1 aromatic carbocycles. The number of rotatable bonds is 3. The molecule has 3 heterocycles. The van der Waals surface area contributed by atoms with E-state index in [1.165, 1.54) is 22.1 Å². The molecule has 24 heavy (non-hydrogen) atoms. The van der Waals surface area contributed by atoms with Gasteiger partial charge in [-0.2, -0.15) is 0 Å². The fourth-order valence-electron chi connectivity index (χ4n) is 3.40. The van der Waals surface area contributed by atoms with E-state index in [0.717, 1.165) is 37.3 Å². The van der Waals surface area contributed by atoms with E-state index in [4.69, 9.17) is 0 Å². The molecule has 0 spiro atoms. The highest BCUT2D eigenvalue weighted by Gasteiger charge is 2.16. The molecule has 0 amide bonds. The molecule has 0 atom stereocenters. The number of aromatic hydroxyl groups is 1. The van der Waals surface area contributed by atoms with Crippen LogP contribution in [0.2, 0.25) is 0 Å². The minimum atomic E-state index is 0.368. The van der Waals surface area contributed by atoms with E-state index in [9.17, 15) is 5.11 Å². The van der Waals surface area contributed by atoms with Crippen molar-refractivity contribution in [3.8, 4) is 5.75 Å². The summed E-state index contributed by atoms with van der Waals surface area (Å²) in [4.78, 5) is 10.1. The van der Waals surface area contributed by atoms with Gasteiger partial charge < -0.3 is 10.1 Å². The maximum absolute atomic E-state index is 9.65. The molecule has 1 aliphatic rings. The number of phenolic OH excluding ortho intramolecular Hbond substituents is 1. The van der Waals surface area contributed by atoms with Crippen LogP contribution in [0.5, 0.6) is 5.75 Å². The SMILES string of the molecule is Cc1cc(CN2CC=C(c3c[nH]c4ncccc34)CC2)ccc1O. The number of aromatic amines is 1. The van der Waals surface area contributed by atoms with Crippen LogP contribution < -0.4 is 0 Å². The maximum atomic E-state index is 9.65. The maximum Gasteiger partial charge on any atom is 0.137 e. The van der Waals surface area contributed by atoms with Gasteiger partial charge in [-0.1, -0.05) is 18.2 Å². The van der Waals surface area contributed by atoms with E-state index < -0.39 is 0 Å². The highest BCUT2D eigenvalue weighted by Crippen LogP contribution is 2.29. The first-order valence-electron chi connectivity index (χ1n) is 8.33. The van der Waals surface area contributed by atoms with Gasteiger partial charge in [-0.25, -0.2) is 4.98 Å². The number of phenols is 1. The van der Waals surface area contributed by atoms with Gasteiger partial charge in [-0.3, -0.25) is 4.90 Å². The first kappa shape index (κ1) is 15.0. The van der Waals surface area contributed by atoms with Crippen LogP contribution in [0.15, 0.2) is 48.8 Å². The quantitative estimate of drug-likeness (QED) is 0.770. The van der Waals surface area contributed by atoms with Gasteiger partial charge in [0, 0.05) is 43.0 Å². The average Bonchev–Trinajstić information content (AvgIpc) is 3.03. The minimum absolute atomic E-state index is 0.368. The summed E-state index contributed by atoms with van der Waals surface area (Å²) in [6, 6.07) is 9.98. The number of benzene rings is 1. The van der Waals surface area contributed by atoms with Crippen molar-refractivity contribution in [1.29, 1.82) is 0 Å². The Balaban J connectivity index is 1.50. The number of nitrogens with one attached hydrogen (secondary N) is 1. The van der Waals surface area contributed by atoms with Gasteiger partial charge in [0.2, 0.25) is 0 Å². The molecule has 2 N–H and O–H groups in total. The van der Waals surface area contributed by atoms with Crippen LogP contribution in [0.1, 0.15) is 23.1 Å². The van der Waals surface area contributed by atoms with Crippen molar-refractivity contribution >= 4 is 16.6 Å². The lowest BCUT2D eigenvalue weighted by atomic mass is 9.99. The van der Waals surface area contributed by atoms with E-state index in [2.05, 4.69) is 39.3 Å². The standard InChI is InChI=1S/C20H21N3O/c1-14-11-15(4-5-19(14)24)13-23-9-6-16(7-10-23)18-12-22-20-17(18)3-2-8-21-20/h2-6,8,11-12,24H,7,9-10,13H2,1H3,(H,21,22). The Labute approximate surface area is 141 Å². The molecule has 4 rings (SSSR count). The first-order valence-corrected chi connectivity index (χ1v) is 8.33. The van der Waals surface area contributed by atoms with Crippen LogP contribution in [0.4, 0.5) is 0 Å². The van der Waals surface area contributed by atoms with Crippen LogP contribution in [0.3, 0.4) is 0 Å². The van der Waals surface area contributed by atoms with Crippen LogP contribution in [-0.4, -0.2) is 33.1 Å². The van der Waals surface area contributed by atoms with Crippen molar-refractivity contribution in [2.45, 2.75) is 19.9 Å². The average molecular weight is 319 g/mol. The molecule has 4 heteroatoms. The second kappa shape index (κ2) is 6.13. The number of nitrogens with zero attached hydrogens (tertiary/aromatic N) is 2. The van der Waals surface area contributed by atoms with Crippen LogP contribution in [0, 0.1) is 6.92 Å². The minimum Gasteiger partial charge on any atom is -0.508 e. The fourth-order valence-corrected chi connectivity index (χ4v) is 3.40. The molecule has 1 aliphatic heterocycles. The predicted molar refractivity (Wildman–Crippen MR) is 96.8 cm³/mol. The number of aryl methyl sites for hydroxylation is 1. The number of aromatic nitrogens is 2. The molecule has 122 valence electrons. The van der Waals surface area contributed by atoms with Crippen molar-refractivity contribution < 1.29 is 5.11 Å². The van der Waals surface area contributed by atoms with E-state index in [-0.39, 0.29) is 0 Å². The number of hydrogen-bond acceptors (Lipinski definition) is 3. The molecule has 0 fully saturated rings. The molecule has 0 aliphatic carbocycles.